The number of nitrogens with zero attached hydrogens (tertiary/aromatic N) is 2. The third-order valence-electron chi connectivity index (χ3n) is 5.43. The van der Waals surface area contributed by atoms with E-state index in [1.54, 1.807) is 0 Å². The van der Waals surface area contributed by atoms with Crippen LogP contribution in [0.15, 0.2) is 0 Å². The topological polar surface area (TPSA) is 49.6 Å². The molecule has 3 fully saturated rings. The zero-order valence-electron chi connectivity index (χ0n) is 11.9. The molecule has 1 amide bonds. The number of carbonyl (C=O) groups is 1. The maximum absolute atomic E-state index is 12.0. The molecule has 1 saturated heterocycles. The molecule has 3 rings (SSSR count). The summed E-state index contributed by atoms with van der Waals surface area (Å²) in [5.41, 5.74) is 5.47. The van der Waals surface area contributed by atoms with Crippen molar-refractivity contribution in [3.8, 4) is 0 Å². The van der Waals surface area contributed by atoms with Crippen molar-refractivity contribution < 1.29 is 4.79 Å². The molecule has 3 atom stereocenters. The first kappa shape index (κ1) is 13.4. The molecule has 3 aliphatic rings. The van der Waals surface area contributed by atoms with E-state index in [-0.39, 0.29) is 0 Å². The van der Waals surface area contributed by atoms with Crippen LogP contribution in [0.3, 0.4) is 0 Å². The van der Waals surface area contributed by atoms with Crippen LogP contribution in [-0.2, 0) is 4.79 Å². The standard InChI is InChI=1S/C15H27N3O/c16-5-1-2-15(19)18-8-6-17(7-9-18)14-11-12-3-4-13(14)10-12/h12-14H,1-11,16H2. The number of nitrogens with two attached hydrogens (primary N) is 1. The summed E-state index contributed by atoms with van der Waals surface area (Å²) < 4.78 is 0. The summed E-state index contributed by atoms with van der Waals surface area (Å²) >= 11 is 0. The molecule has 19 heavy (non-hydrogen) atoms. The van der Waals surface area contributed by atoms with Crippen LogP contribution in [0.4, 0.5) is 0 Å². The lowest BCUT2D eigenvalue weighted by molar-refractivity contribution is -0.133. The van der Waals surface area contributed by atoms with Crippen LogP contribution >= 0.6 is 0 Å². The maximum Gasteiger partial charge on any atom is 0.222 e. The Hall–Kier alpha value is -0.610. The Kier molecular flexibility index (Phi) is 4.08. The average Bonchev–Trinajstić information content (AvgIpc) is 3.07. The maximum atomic E-state index is 12.0. The molecule has 2 aliphatic carbocycles. The van der Waals surface area contributed by atoms with E-state index >= 15 is 0 Å². The van der Waals surface area contributed by atoms with E-state index in [1.807, 2.05) is 4.90 Å². The van der Waals surface area contributed by atoms with Crippen molar-refractivity contribution >= 4 is 5.91 Å². The Morgan fingerprint density at radius 2 is 1.89 bits per heavy atom. The molecule has 4 nitrogen and oxygen atoms in total. The Bertz CT molecular complexity index is 325. The fourth-order valence-electron chi connectivity index (χ4n) is 4.37. The second-order valence-corrected chi connectivity index (χ2v) is 6.55. The van der Waals surface area contributed by atoms with Crippen molar-refractivity contribution in [3.05, 3.63) is 0 Å². The van der Waals surface area contributed by atoms with Crippen molar-refractivity contribution in [2.75, 3.05) is 32.7 Å². The van der Waals surface area contributed by atoms with Gasteiger partial charge < -0.3 is 10.6 Å². The van der Waals surface area contributed by atoms with Crippen molar-refractivity contribution in [1.29, 1.82) is 0 Å². The lowest BCUT2D eigenvalue weighted by Gasteiger charge is -2.41. The van der Waals surface area contributed by atoms with Crippen molar-refractivity contribution in [3.63, 3.8) is 0 Å². The molecular weight excluding hydrogens is 238 g/mol. The summed E-state index contributed by atoms with van der Waals surface area (Å²) in [4.78, 5) is 16.7. The van der Waals surface area contributed by atoms with Crippen molar-refractivity contribution in [2.45, 2.75) is 44.6 Å². The summed E-state index contributed by atoms with van der Waals surface area (Å²) in [6, 6.07) is 0.833. The molecule has 4 heteroatoms. The molecule has 3 unspecified atom stereocenters. The van der Waals surface area contributed by atoms with E-state index in [0.29, 0.717) is 18.9 Å². The molecule has 1 aliphatic heterocycles. The molecule has 0 aromatic heterocycles. The Morgan fingerprint density at radius 3 is 2.47 bits per heavy atom. The van der Waals surface area contributed by atoms with Gasteiger partial charge in [0.15, 0.2) is 0 Å². The van der Waals surface area contributed by atoms with Gasteiger partial charge >= 0.3 is 0 Å². The number of hydrogen-bond donors (Lipinski definition) is 1. The fourth-order valence-corrected chi connectivity index (χ4v) is 4.37. The summed E-state index contributed by atoms with van der Waals surface area (Å²) in [6.45, 7) is 4.65. The van der Waals surface area contributed by atoms with Crippen LogP contribution in [0, 0.1) is 11.8 Å². The second kappa shape index (κ2) is 5.80. The van der Waals surface area contributed by atoms with Crippen molar-refractivity contribution in [2.24, 2.45) is 17.6 Å². The monoisotopic (exact) mass is 265 g/mol. The van der Waals surface area contributed by atoms with Gasteiger partial charge in [0.2, 0.25) is 5.91 Å². The lowest BCUT2D eigenvalue weighted by atomic mass is 9.93. The van der Waals surface area contributed by atoms with E-state index < -0.39 is 0 Å². The van der Waals surface area contributed by atoms with Crippen LogP contribution < -0.4 is 5.73 Å². The third-order valence-corrected chi connectivity index (χ3v) is 5.43. The summed E-state index contributed by atoms with van der Waals surface area (Å²) in [7, 11) is 0. The summed E-state index contributed by atoms with van der Waals surface area (Å²) in [6.07, 6.45) is 7.27. The normalized spacial score (nSPS) is 35.0. The van der Waals surface area contributed by atoms with Crippen LogP contribution in [-0.4, -0.2) is 54.5 Å². The van der Waals surface area contributed by atoms with E-state index in [4.69, 9.17) is 5.73 Å². The van der Waals surface area contributed by atoms with Crippen molar-refractivity contribution in [1.82, 2.24) is 9.80 Å². The lowest BCUT2D eigenvalue weighted by Crippen LogP contribution is -2.53. The zero-order valence-corrected chi connectivity index (χ0v) is 11.9. The minimum atomic E-state index is 0.304. The largest absolute Gasteiger partial charge is 0.340 e. The second-order valence-electron chi connectivity index (χ2n) is 6.55. The van der Waals surface area contributed by atoms with E-state index in [0.717, 1.165) is 50.5 Å². The molecule has 108 valence electrons. The first-order valence-corrected chi connectivity index (χ1v) is 8.00. The summed E-state index contributed by atoms with van der Waals surface area (Å²) in [5, 5.41) is 0. The fraction of sp³-hybridized carbons (Fsp3) is 0.933. The molecule has 0 radical (unpaired) electrons. The van der Waals surface area contributed by atoms with Gasteiger partial charge in [0.05, 0.1) is 0 Å². The van der Waals surface area contributed by atoms with Gasteiger partial charge in [-0.25, -0.2) is 0 Å². The van der Waals surface area contributed by atoms with E-state index in [9.17, 15) is 4.79 Å². The highest BCUT2D eigenvalue weighted by Crippen LogP contribution is 2.46. The van der Waals surface area contributed by atoms with Gasteiger partial charge in [0.25, 0.3) is 0 Å². The number of rotatable bonds is 4. The first-order chi connectivity index (χ1) is 9.28. The van der Waals surface area contributed by atoms with Crippen LogP contribution in [0.25, 0.3) is 0 Å². The minimum absolute atomic E-state index is 0.304. The molecule has 2 bridgehead atoms. The van der Waals surface area contributed by atoms with Crippen LogP contribution in [0.1, 0.15) is 38.5 Å². The molecule has 2 saturated carbocycles. The number of hydrogen-bond acceptors (Lipinski definition) is 3. The predicted molar refractivity (Wildman–Crippen MR) is 75.7 cm³/mol. The highest BCUT2D eigenvalue weighted by Gasteiger charge is 2.42. The van der Waals surface area contributed by atoms with Gasteiger partial charge in [-0.3, -0.25) is 9.69 Å². The van der Waals surface area contributed by atoms with Gasteiger partial charge in [-0.1, -0.05) is 6.42 Å². The molecule has 0 aromatic carbocycles. The smallest absolute Gasteiger partial charge is 0.222 e. The van der Waals surface area contributed by atoms with Gasteiger partial charge in [-0.05, 0) is 44.1 Å². The third kappa shape index (κ3) is 2.79. The molecule has 0 spiro atoms. The van der Waals surface area contributed by atoms with E-state index in [1.165, 1.54) is 25.7 Å². The zero-order chi connectivity index (χ0) is 13.2. The highest BCUT2D eigenvalue weighted by molar-refractivity contribution is 5.76. The molecule has 0 aromatic rings. The molecule has 2 N–H and O–H groups in total. The SMILES string of the molecule is NCCCC(=O)N1CCN(C2CC3CCC2C3)CC1. The number of carbonyl (C=O) groups excluding carboxylic acids is 1. The van der Waals surface area contributed by atoms with Crippen LogP contribution in [0.5, 0.6) is 0 Å². The summed E-state index contributed by atoms with van der Waals surface area (Å²) in [5.74, 6) is 2.28. The van der Waals surface area contributed by atoms with Gasteiger partial charge in [-0.15, -0.1) is 0 Å². The van der Waals surface area contributed by atoms with E-state index in [2.05, 4.69) is 4.90 Å². The van der Waals surface area contributed by atoms with Gasteiger partial charge in [-0.2, -0.15) is 0 Å². The Balaban J connectivity index is 1.46. The molecular formula is C15H27N3O. The highest BCUT2D eigenvalue weighted by atomic mass is 16.2. The number of amides is 1. The molecule has 1 heterocycles. The van der Waals surface area contributed by atoms with Gasteiger partial charge in [0, 0.05) is 38.6 Å². The Morgan fingerprint density at radius 1 is 1.11 bits per heavy atom. The average molecular weight is 265 g/mol. The number of fused-ring (bicyclic) bond motifs is 2. The quantitative estimate of drug-likeness (QED) is 0.827. The number of piperazine rings is 1. The van der Waals surface area contributed by atoms with Crippen LogP contribution in [0.2, 0.25) is 0 Å². The van der Waals surface area contributed by atoms with Gasteiger partial charge in [0.1, 0.15) is 0 Å². The minimum Gasteiger partial charge on any atom is -0.340 e. The first-order valence-electron chi connectivity index (χ1n) is 8.00. The predicted octanol–water partition coefficient (Wildman–Crippen LogP) is 1.06. The Labute approximate surface area is 116 Å².